The van der Waals surface area contributed by atoms with Crippen LogP contribution in [0.1, 0.15) is 27.0 Å². The van der Waals surface area contributed by atoms with E-state index in [1.165, 1.54) is 24.1 Å². The monoisotopic (exact) mass is 378 g/mol. The fourth-order valence-corrected chi connectivity index (χ4v) is 3.14. The first-order valence-corrected chi connectivity index (χ1v) is 8.65. The fraction of sp³-hybridized carbons (Fsp3) is 0.238. The molecular formula is C21H18N2O5. The van der Waals surface area contributed by atoms with Gasteiger partial charge >= 0.3 is 11.9 Å². The van der Waals surface area contributed by atoms with Crippen molar-refractivity contribution in [2.75, 3.05) is 13.7 Å². The standard InChI is InChI=1S/C21H18N2O5/c1-27-21(26)18-10-15-6-2-3-7-17(15)12-23(18)19(24)13-28-20(25)16-8-4-5-14(9-16)11-22/h2-9,18H,10,12-13H2,1H3/t18-/m0/s1. The van der Waals surface area contributed by atoms with Gasteiger partial charge in [0.15, 0.2) is 6.61 Å². The lowest BCUT2D eigenvalue weighted by Gasteiger charge is -2.35. The third-order valence-electron chi connectivity index (χ3n) is 4.60. The maximum Gasteiger partial charge on any atom is 0.338 e. The molecule has 1 amide bonds. The molecule has 0 unspecified atom stereocenters. The van der Waals surface area contributed by atoms with Crippen LogP contribution in [-0.2, 0) is 32.0 Å². The van der Waals surface area contributed by atoms with Crippen LogP contribution in [0.3, 0.4) is 0 Å². The molecule has 1 atom stereocenters. The Balaban J connectivity index is 1.72. The molecule has 0 aromatic heterocycles. The Morgan fingerprint density at radius 2 is 1.89 bits per heavy atom. The molecule has 0 fully saturated rings. The van der Waals surface area contributed by atoms with Crippen molar-refractivity contribution in [3.63, 3.8) is 0 Å². The molecule has 2 aromatic rings. The van der Waals surface area contributed by atoms with Gasteiger partial charge in [-0.2, -0.15) is 5.26 Å². The Bertz CT molecular complexity index is 963. The Morgan fingerprint density at radius 1 is 1.14 bits per heavy atom. The molecule has 0 saturated carbocycles. The zero-order valence-electron chi connectivity index (χ0n) is 15.3. The maximum atomic E-state index is 12.7. The van der Waals surface area contributed by atoms with Crippen molar-refractivity contribution in [1.29, 1.82) is 5.26 Å². The minimum atomic E-state index is -0.770. The first kappa shape index (κ1) is 19.1. The highest BCUT2D eigenvalue weighted by Gasteiger charge is 2.35. The van der Waals surface area contributed by atoms with Gasteiger partial charge in [-0.3, -0.25) is 4.79 Å². The highest BCUT2D eigenvalue weighted by Crippen LogP contribution is 2.24. The number of benzene rings is 2. The van der Waals surface area contributed by atoms with Gasteiger partial charge in [-0.1, -0.05) is 30.3 Å². The number of hydrogen-bond donors (Lipinski definition) is 0. The maximum absolute atomic E-state index is 12.7. The minimum Gasteiger partial charge on any atom is -0.467 e. The van der Waals surface area contributed by atoms with Gasteiger partial charge in [0.05, 0.1) is 24.3 Å². The van der Waals surface area contributed by atoms with E-state index in [-0.39, 0.29) is 12.1 Å². The number of carbonyl (C=O) groups is 3. The van der Waals surface area contributed by atoms with Crippen molar-refractivity contribution < 1.29 is 23.9 Å². The van der Waals surface area contributed by atoms with Crippen molar-refractivity contribution in [3.05, 3.63) is 70.8 Å². The van der Waals surface area contributed by atoms with E-state index in [2.05, 4.69) is 0 Å². The summed E-state index contributed by atoms with van der Waals surface area (Å²) in [4.78, 5) is 38.4. The topological polar surface area (TPSA) is 96.7 Å². The van der Waals surface area contributed by atoms with Gasteiger partial charge in [0, 0.05) is 13.0 Å². The number of ether oxygens (including phenoxy) is 2. The van der Waals surface area contributed by atoms with Crippen molar-refractivity contribution in [1.82, 2.24) is 4.90 Å². The Kier molecular flexibility index (Phi) is 5.70. The highest BCUT2D eigenvalue weighted by molar-refractivity contribution is 5.92. The van der Waals surface area contributed by atoms with E-state index >= 15 is 0 Å². The second-order valence-electron chi connectivity index (χ2n) is 6.30. The van der Waals surface area contributed by atoms with Gasteiger partial charge < -0.3 is 14.4 Å². The van der Waals surface area contributed by atoms with Gasteiger partial charge in [0.2, 0.25) is 0 Å². The number of hydrogen-bond acceptors (Lipinski definition) is 6. The number of amides is 1. The van der Waals surface area contributed by atoms with Crippen LogP contribution in [0.15, 0.2) is 48.5 Å². The Labute approximate surface area is 162 Å². The number of nitriles is 1. The molecule has 1 heterocycles. The summed E-state index contributed by atoms with van der Waals surface area (Å²) < 4.78 is 9.93. The summed E-state index contributed by atoms with van der Waals surface area (Å²) in [5, 5.41) is 8.91. The zero-order chi connectivity index (χ0) is 20.1. The number of fused-ring (bicyclic) bond motifs is 1. The van der Waals surface area contributed by atoms with Crippen molar-refractivity contribution in [2.45, 2.75) is 19.0 Å². The molecule has 0 saturated heterocycles. The summed E-state index contributed by atoms with van der Waals surface area (Å²) in [6.07, 6.45) is 0.340. The third-order valence-corrected chi connectivity index (χ3v) is 4.60. The average molecular weight is 378 g/mol. The van der Waals surface area contributed by atoms with Crippen LogP contribution in [0.5, 0.6) is 0 Å². The Hall–Kier alpha value is -3.66. The number of rotatable bonds is 4. The summed E-state index contributed by atoms with van der Waals surface area (Å²) in [5.74, 6) is -1.72. The van der Waals surface area contributed by atoms with E-state index in [0.29, 0.717) is 12.0 Å². The third kappa shape index (κ3) is 4.01. The molecular weight excluding hydrogens is 360 g/mol. The van der Waals surface area contributed by atoms with Crippen LogP contribution in [0.25, 0.3) is 0 Å². The largest absolute Gasteiger partial charge is 0.467 e. The van der Waals surface area contributed by atoms with Gasteiger partial charge in [0.25, 0.3) is 5.91 Å². The second-order valence-corrected chi connectivity index (χ2v) is 6.30. The molecule has 0 bridgehead atoms. The molecule has 28 heavy (non-hydrogen) atoms. The molecule has 0 N–H and O–H groups in total. The molecule has 2 aromatic carbocycles. The molecule has 0 spiro atoms. The summed E-state index contributed by atoms with van der Waals surface area (Å²) >= 11 is 0. The molecule has 1 aliphatic heterocycles. The van der Waals surface area contributed by atoms with E-state index in [0.717, 1.165) is 11.1 Å². The first-order chi connectivity index (χ1) is 13.5. The van der Waals surface area contributed by atoms with Crippen LogP contribution in [0.4, 0.5) is 0 Å². The highest BCUT2D eigenvalue weighted by atomic mass is 16.5. The SMILES string of the molecule is COC(=O)[C@@H]1Cc2ccccc2CN1C(=O)COC(=O)c1cccc(C#N)c1. The lowest BCUT2D eigenvalue weighted by molar-refractivity contribution is -0.155. The van der Waals surface area contributed by atoms with Crippen LogP contribution in [0.2, 0.25) is 0 Å². The normalized spacial score (nSPS) is 15.1. The smallest absolute Gasteiger partial charge is 0.338 e. The summed E-state index contributed by atoms with van der Waals surface area (Å²) in [7, 11) is 1.27. The first-order valence-electron chi connectivity index (χ1n) is 8.65. The summed E-state index contributed by atoms with van der Waals surface area (Å²) in [6.45, 7) is -0.276. The van der Waals surface area contributed by atoms with Crippen molar-refractivity contribution >= 4 is 17.8 Å². The van der Waals surface area contributed by atoms with Gasteiger partial charge in [-0.25, -0.2) is 9.59 Å². The molecule has 0 radical (unpaired) electrons. The number of carbonyl (C=O) groups excluding carboxylic acids is 3. The summed E-state index contributed by atoms with van der Waals surface area (Å²) in [5.41, 5.74) is 2.41. The molecule has 7 heteroatoms. The average Bonchev–Trinajstić information content (AvgIpc) is 2.75. The van der Waals surface area contributed by atoms with E-state index in [1.807, 2.05) is 30.3 Å². The zero-order valence-corrected chi connectivity index (χ0v) is 15.3. The summed E-state index contributed by atoms with van der Waals surface area (Å²) in [6, 6.07) is 14.7. The number of nitrogens with zero attached hydrogens (tertiary/aromatic N) is 2. The lowest BCUT2D eigenvalue weighted by Crippen LogP contribution is -2.50. The van der Waals surface area contributed by atoms with Crippen LogP contribution < -0.4 is 0 Å². The predicted octanol–water partition coefficient (Wildman–Crippen LogP) is 1.84. The number of methoxy groups -OCH3 is 1. The van der Waals surface area contributed by atoms with E-state index in [9.17, 15) is 14.4 Å². The van der Waals surface area contributed by atoms with E-state index in [1.54, 1.807) is 12.1 Å². The van der Waals surface area contributed by atoms with E-state index < -0.39 is 30.5 Å². The molecule has 3 rings (SSSR count). The van der Waals surface area contributed by atoms with Crippen molar-refractivity contribution in [2.24, 2.45) is 0 Å². The fourth-order valence-electron chi connectivity index (χ4n) is 3.14. The van der Waals surface area contributed by atoms with E-state index in [4.69, 9.17) is 14.7 Å². The number of esters is 2. The van der Waals surface area contributed by atoms with Crippen LogP contribution in [0, 0.1) is 11.3 Å². The lowest BCUT2D eigenvalue weighted by atomic mass is 9.94. The predicted molar refractivity (Wildman–Crippen MR) is 97.9 cm³/mol. The second kappa shape index (κ2) is 8.35. The Morgan fingerprint density at radius 3 is 2.61 bits per heavy atom. The van der Waals surface area contributed by atoms with Crippen molar-refractivity contribution in [3.8, 4) is 6.07 Å². The van der Waals surface area contributed by atoms with Crippen LogP contribution in [-0.4, -0.2) is 42.5 Å². The molecule has 1 aliphatic rings. The van der Waals surface area contributed by atoms with Gasteiger partial charge in [-0.05, 0) is 29.3 Å². The van der Waals surface area contributed by atoms with Gasteiger partial charge in [0.1, 0.15) is 6.04 Å². The minimum absolute atomic E-state index is 0.181. The molecule has 142 valence electrons. The van der Waals surface area contributed by atoms with Crippen LogP contribution >= 0.6 is 0 Å². The van der Waals surface area contributed by atoms with Gasteiger partial charge in [-0.15, -0.1) is 0 Å². The molecule has 0 aliphatic carbocycles. The quantitative estimate of drug-likeness (QED) is 0.753. The molecule has 7 nitrogen and oxygen atoms in total.